The van der Waals surface area contributed by atoms with E-state index in [0.29, 0.717) is 0 Å². The molecule has 23 heavy (non-hydrogen) atoms. The molecule has 2 amide bonds. The van der Waals surface area contributed by atoms with Crippen LogP contribution in [0.3, 0.4) is 0 Å². The lowest BCUT2D eigenvalue weighted by molar-refractivity contribution is -0.171. The quantitative estimate of drug-likeness (QED) is 0.788. The molecule has 1 aliphatic rings. The summed E-state index contributed by atoms with van der Waals surface area (Å²) in [6, 6.07) is 0. The second-order valence-corrected chi connectivity index (χ2v) is 5.44. The monoisotopic (exact) mass is 338 g/mol. The van der Waals surface area contributed by atoms with Crippen LogP contribution in [0.2, 0.25) is 0 Å². The Morgan fingerprint density at radius 3 is 2.13 bits per heavy atom. The molecular formula is C15H25F3N2O3. The number of methoxy groups -OCH3 is 1. The van der Waals surface area contributed by atoms with Crippen molar-refractivity contribution in [1.29, 1.82) is 0 Å². The Morgan fingerprint density at radius 2 is 1.78 bits per heavy atom. The summed E-state index contributed by atoms with van der Waals surface area (Å²) in [5.74, 6) is -1.17. The standard InChI is InChI=1S/C9H13F3N2O3.C4H10.C2H2/c1-17-8(16)13-4-7(15)14-3-2-6(5-14)9(10,11)12;1-4(2)3;1-2/h6H,2-5H2,1H3,(H,13,16);4H,1-3H3;1-2H/t6-;;/m1../s1. The number of halogens is 3. The number of hydrogen-bond donors (Lipinski definition) is 1. The molecule has 0 aromatic heterocycles. The van der Waals surface area contributed by atoms with Crippen molar-refractivity contribution in [2.45, 2.75) is 33.4 Å². The molecule has 134 valence electrons. The lowest BCUT2D eigenvalue weighted by Crippen LogP contribution is -2.39. The highest BCUT2D eigenvalue weighted by Crippen LogP contribution is 2.33. The fourth-order valence-electron chi connectivity index (χ4n) is 1.59. The summed E-state index contributed by atoms with van der Waals surface area (Å²) in [6.07, 6.45) is 2.85. The summed E-state index contributed by atoms with van der Waals surface area (Å²) < 4.78 is 41.3. The van der Waals surface area contributed by atoms with Crippen molar-refractivity contribution in [3.63, 3.8) is 0 Å². The van der Waals surface area contributed by atoms with E-state index in [-0.39, 0.29) is 26.1 Å². The lowest BCUT2D eigenvalue weighted by atomic mass is 10.1. The molecule has 0 aliphatic carbocycles. The van der Waals surface area contributed by atoms with Gasteiger partial charge in [-0.2, -0.15) is 13.2 Å². The number of alkyl carbamates (subject to hydrolysis) is 1. The summed E-state index contributed by atoms with van der Waals surface area (Å²) in [4.78, 5) is 23.2. The molecule has 1 N–H and O–H groups in total. The first-order valence-corrected chi connectivity index (χ1v) is 7.07. The molecule has 1 atom stereocenters. The first-order chi connectivity index (χ1) is 10.6. The van der Waals surface area contributed by atoms with E-state index >= 15 is 0 Å². The topological polar surface area (TPSA) is 58.6 Å². The van der Waals surface area contributed by atoms with Crippen molar-refractivity contribution < 1.29 is 27.5 Å². The molecule has 0 spiro atoms. The third kappa shape index (κ3) is 11.3. The Hall–Kier alpha value is -1.91. The van der Waals surface area contributed by atoms with Crippen LogP contribution in [0.5, 0.6) is 0 Å². The van der Waals surface area contributed by atoms with E-state index in [2.05, 4.69) is 43.7 Å². The number of carbonyl (C=O) groups is 2. The van der Waals surface area contributed by atoms with Gasteiger partial charge >= 0.3 is 12.3 Å². The van der Waals surface area contributed by atoms with Gasteiger partial charge in [0, 0.05) is 13.1 Å². The predicted molar refractivity (Wildman–Crippen MR) is 81.6 cm³/mol. The van der Waals surface area contributed by atoms with Crippen LogP contribution in [-0.4, -0.2) is 49.8 Å². The van der Waals surface area contributed by atoms with E-state index in [1.54, 1.807) is 0 Å². The molecule has 1 saturated heterocycles. The fraction of sp³-hybridized carbons (Fsp3) is 0.733. The van der Waals surface area contributed by atoms with E-state index in [0.717, 1.165) is 17.9 Å². The molecule has 8 heteroatoms. The molecule has 1 heterocycles. The van der Waals surface area contributed by atoms with Crippen LogP contribution in [0, 0.1) is 24.7 Å². The number of terminal acetylenes is 1. The van der Waals surface area contributed by atoms with E-state index in [1.807, 2.05) is 0 Å². The van der Waals surface area contributed by atoms with Gasteiger partial charge in [0.1, 0.15) is 6.54 Å². The van der Waals surface area contributed by atoms with Crippen LogP contribution in [0.15, 0.2) is 0 Å². The zero-order valence-electron chi connectivity index (χ0n) is 13.9. The molecule has 0 unspecified atom stereocenters. The number of rotatable bonds is 2. The van der Waals surface area contributed by atoms with E-state index in [1.165, 1.54) is 0 Å². The zero-order chi connectivity index (χ0) is 18.6. The Balaban J connectivity index is 0. The highest BCUT2D eigenvalue weighted by molar-refractivity contribution is 5.82. The van der Waals surface area contributed by atoms with Gasteiger partial charge in [0.2, 0.25) is 5.91 Å². The molecule has 1 fully saturated rings. The van der Waals surface area contributed by atoms with Gasteiger partial charge in [-0.15, -0.1) is 12.8 Å². The van der Waals surface area contributed by atoms with E-state index < -0.39 is 24.1 Å². The van der Waals surface area contributed by atoms with Gasteiger partial charge in [-0.3, -0.25) is 4.79 Å². The Labute approximate surface area is 135 Å². The summed E-state index contributed by atoms with van der Waals surface area (Å²) in [5, 5.41) is 2.13. The number of likely N-dealkylation sites (tertiary alicyclic amines) is 1. The average molecular weight is 338 g/mol. The van der Waals surface area contributed by atoms with E-state index in [4.69, 9.17) is 0 Å². The van der Waals surface area contributed by atoms with Gasteiger partial charge in [-0.05, 0) is 12.3 Å². The third-order valence-electron chi connectivity index (χ3n) is 2.57. The predicted octanol–water partition coefficient (Wildman–Crippen LogP) is 2.66. The molecule has 0 aromatic rings. The minimum absolute atomic E-state index is 0.0614. The first-order valence-electron chi connectivity index (χ1n) is 7.07. The molecule has 0 saturated carbocycles. The van der Waals surface area contributed by atoms with E-state index in [9.17, 15) is 22.8 Å². The summed E-state index contributed by atoms with van der Waals surface area (Å²) in [7, 11) is 1.13. The van der Waals surface area contributed by atoms with Crippen molar-refractivity contribution in [2.75, 3.05) is 26.7 Å². The largest absolute Gasteiger partial charge is 0.453 e. The minimum atomic E-state index is -4.27. The molecule has 1 aliphatic heterocycles. The number of amides is 2. The van der Waals surface area contributed by atoms with Crippen molar-refractivity contribution in [1.82, 2.24) is 10.2 Å². The van der Waals surface area contributed by atoms with Gasteiger partial charge in [0.15, 0.2) is 0 Å². The number of nitrogens with zero attached hydrogens (tertiary/aromatic N) is 1. The van der Waals surface area contributed by atoms with Crippen LogP contribution in [0.1, 0.15) is 27.2 Å². The lowest BCUT2D eigenvalue weighted by Gasteiger charge is -2.17. The third-order valence-corrected chi connectivity index (χ3v) is 2.57. The molecule has 5 nitrogen and oxygen atoms in total. The van der Waals surface area contributed by atoms with Gasteiger partial charge in [-0.1, -0.05) is 20.8 Å². The number of nitrogens with one attached hydrogen (secondary N) is 1. The molecular weight excluding hydrogens is 313 g/mol. The zero-order valence-corrected chi connectivity index (χ0v) is 13.9. The maximum Gasteiger partial charge on any atom is 0.407 e. The number of alkyl halides is 3. The second-order valence-electron chi connectivity index (χ2n) is 5.44. The van der Waals surface area contributed by atoms with Crippen LogP contribution in [0.4, 0.5) is 18.0 Å². The van der Waals surface area contributed by atoms with Crippen molar-refractivity contribution in [3.8, 4) is 12.8 Å². The normalized spacial score (nSPS) is 16.6. The van der Waals surface area contributed by atoms with Crippen molar-refractivity contribution >= 4 is 12.0 Å². The number of carbonyl (C=O) groups excluding carboxylic acids is 2. The van der Waals surface area contributed by atoms with Gasteiger partial charge < -0.3 is 15.0 Å². The Kier molecular flexibility index (Phi) is 11.8. The Morgan fingerprint density at radius 1 is 1.30 bits per heavy atom. The SMILES string of the molecule is C#C.CC(C)C.COC(=O)NCC(=O)N1CC[C@@H](C(F)(F)F)C1. The molecule has 0 bridgehead atoms. The van der Waals surface area contributed by atoms with Crippen LogP contribution < -0.4 is 5.32 Å². The van der Waals surface area contributed by atoms with Crippen LogP contribution in [-0.2, 0) is 9.53 Å². The maximum atomic E-state index is 12.3. The number of hydrogen-bond acceptors (Lipinski definition) is 3. The minimum Gasteiger partial charge on any atom is -0.453 e. The molecule has 0 aromatic carbocycles. The summed E-state index contributed by atoms with van der Waals surface area (Å²) in [5.41, 5.74) is 0. The van der Waals surface area contributed by atoms with Crippen LogP contribution in [0.25, 0.3) is 0 Å². The molecule has 1 rings (SSSR count). The number of ether oxygens (including phenoxy) is 1. The van der Waals surface area contributed by atoms with Crippen LogP contribution >= 0.6 is 0 Å². The fourth-order valence-corrected chi connectivity index (χ4v) is 1.59. The summed E-state index contributed by atoms with van der Waals surface area (Å²) >= 11 is 0. The van der Waals surface area contributed by atoms with Gasteiger partial charge in [-0.25, -0.2) is 4.79 Å². The highest BCUT2D eigenvalue weighted by atomic mass is 19.4. The smallest absolute Gasteiger partial charge is 0.407 e. The van der Waals surface area contributed by atoms with Crippen molar-refractivity contribution in [2.24, 2.45) is 11.8 Å². The molecule has 0 radical (unpaired) electrons. The summed E-state index contributed by atoms with van der Waals surface area (Å²) in [6.45, 7) is 5.87. The van der Waals surface area contributed by atoms with Crippen molar-refractivity contribution in [3.05, 3.63) is 0 Å². The highest BCUT2D eigenvalue weighted by Gasteiger charge is 2.44. The first kappa shape index (κ1) is 23.4. The van der Waals surface area contributed by atoms with Gasteiger partial charge in [0.05, 0.1) is 13.0 Å². The van der Waals surface area contributed by atoms with Gasteiger partial charge in [0.25, 0.3) is 0 Å². The second kappa shape index (κ2) is 11.6. The Bertz CT molecular complexity index is 379. The maximum absolute atomic E-state index is 12.3. The average Bonchev–Trinajstić information content (AvgIpc) is 2.96.